The summed E-state index contributed by atoms with van der Waals surface area (Å²) in [5, 5.41) is 2.73. The molecule has 1 aromatic rings. The Balaban J connectivity index is 1.95. The normalized spacial score (nSPS) is 17.5. The summed E-state index contributed by atoms with van der Waals surface area (Å²) in [6.07, 6.45) is 3.64. The third-order valence-electron chi connectivity index (χ3n) is 3.69. The van der Waals surface area contributed by atoms with E-state index in [0.29, 0.717) is 18.5 Å². The molecule has 0 aliphatic carbocycles. The molecular weight excluding hydrogens is 332 g/mol. The first-order chi connectivity index (χ1) is 11.4. The van der Waals surface area contributed by atoms with Crippen LogP contribution in [0.3, 0.4) is 0 Å². The van der Waals surface area contributed by atoms with Gasteiger partial charge in [0.25, 0.3) is 0 Å². The third-order valence-corrected chi connectivity index (χ3v) is 5.18. The smallest absolute Gasteiger partial charge is 0.324 e. The average Bonchev–Trinajstić information content (AvgIpc) is 2.92. The molecule has 0 aromatic heterocycles. The predicted octanol–water partition coefficient (Wildman–Crippen LogP) is 1.80. The molecule has 1 amide bonds. The van der Waals surface area contributed by atoms with Crippen molar-refractivity contribution in [1.29, 1.82) is 0 Å². The second-order valence-electron chi connectivity index (χ2n) is 5.66. The molecule has 0 radical (unpaired) electrons. The highest BCUT2D eigenvalue weighted by Gasteiger charge is 2.31. The number of sulfonamides is 1. The summed E-state index contributed by atoms with van der Waals surface area (Å²) in [7, 11) is -3.80. The zero-order chi connectivity index (χ0) is 17.6. The second-order valence-corrected chi connectivity index (χ2v) is 7.37. The minimum atomic E-state index is -3.80. The molecule has 132 valence electrons. The number of ether oxygens (including phenoxy) is 1. The van der Waals surface area contributed by atoms with Gasteiger partial charge in [-0.3, -0.25) is 9.59 Å². The van der Waals surface area contributed by atoms with E-state index >= 15 is 0 Å². The number of anilines is 1. The summed E-state index contributed by atoms with van der Waals surface area (Å²) in [4.78, 5) is 23.1. The molecule has 1 saturated heterocycles. The Labute approximate surface area is 141 Å². The first-order valence-electron chi connectivity index (χ1n) is 8.01. The fraction of sp³-hybridized carbons (Fsp3) is 0.500. The van der Waals surface area contributed by atoms with Crippen molar-refractivity contribution in [2.24, 2.45) is 0 Å². The van der Waals surface area contributed by atoms with E-state index in [1.165, 1.54) is 24.3 Å². The Bertz CT molecular complexity index is 685. The minimum absolute atomic E-state index is 0.0335. The molecule has 1 aromatic carbocycles. The van der Waals surface area contributed by atoms with Crippen LogP contribution in [0.2, 0.25) is 0 Å². The molecule has 2 rings (SSSR count). The van der Waals surface area contributed by atoms with Crippen LogP contribution in [0.5, 0.6) is 0 Å². The Kier molecular flexibility index (Phi) is 6.33. The standard InChI is InChI=1S/C16H22N2O5S/c1-2-3-4-5-15(19)17-12-6-8-13(9-7-12)24(21,22)18-14-10-11-23-16(14)20/h6-9,14,18H,2-5,10-11H2,1H3,(H,17,19). The van der Waals surface area contributed by atoms with Crippen molar-refractivity contribution < 1.29 is 22.7 Å². The van der Waals surface area contributed by atoms with Gasteiger partial charge in [-0.1, -0.05) is 19.8 Å². The molecule has 0 bridgehead atoms. The van der Waals surface area contributed by atoms with Crippen LogP contribution in [0, 0.1) is 0 Å². The monoisotopic (exact) mass is 354 g/mol. The molecular formula is C16H22N2O5S. The van der Waals surface area contributed by atoms with Gasteiger partial charge < -0.3 is 10.1 Å². The van der Waals surface area contributed by atoms with E-state index in [9.17, 15) is 18.0 Å². The number of carbonyl (C=O) groups is 2. The molecule has 7 nitrogen and oxygen atoms in total. The van der Waals surface area contributed by atoms with E-state index in [-0.39, 0.29) is 17.4 Å². The number of esters is 1. The largest absolute Gasteiger partial charge is 0.464 e. The number of cyclic esters (lactones) is 1. The maximum Gasteiger partial charge on any atom is 0.324 e. The van der Waals surface area contributed by atoms with Crippen LogP contribution in [0.25, 0.3) is 0 Å². The highest BCUT2D eigenvalue weighted by atomic mass is 32.2. The molecule has 24 heavy (non-hydrogen) atoms. The van der Waals surface area contributed by atoms with Crippen molar-refractivity contribution >= 4 is 27.6 Å². The number of hydrogen-bond donors (Lipinski definition) is 2. The van der Waals surface area contributed by atoms with Crippen LogP contribution in [0.4, 0.5) is 5.69 Å². The van der Waals surface area contributed by atoms with Crippen molar-refractivity contribution in [2.45, 2.75) is 50.0 Å². The molecule has 1 aliphatic heterocycles. The van der Waals surface area contributed by atoms with Gasteiger partial charge in [0.15, 0.2) is 0 Å². The predicted molar refractivity (Wildman–Crippen MR) is 88.9 cm³/mol. The van der Waals surface area contributed by atoms with Gasteiger partial charge in [-0.2, -0.15) is 4.72 Å². The van der Waals surface area contributed by atoms with Gasteiger partial charge in [0.2, 0.25) is 15.9 Å². The van der Waals surface area contributed by atoms with Gasteiger partial charge >= 0.3 is 5.97 Å². The van der Waals surface area contributed by atoms with Crippen LogP contribution in [0.1, 0.15) is 39.0 Å². The van der Waals surface area contributed by atoms with Crippen molar-refractivity contribution in [1.82, 2.24) is 4.72 Å². The van der Waals surface area contributed by atoms with Crippen molar-refractivity contribution in [3.05, 3.63) is 24.3 Å². The number of hydrogen-bond acceptors (Lipinski definition) is 5. The van der Waals surface area contributed by atoms with E-state index in [1.807, 2.05) is 0 Å². The van der Waals surface area contributed by atoms with Gasteiger partial charge in [0.1, 0.15) is 6.04 Å². The van der Waals surface area contributed by atoms with Gasteiger partial charge in [0.05, 0.1) is 11.5 Å². The molecule has 1 atom stereocenters. The van der Waals surface area contributed by atoms with E-state index < -0.39 is 22.0 Å². The average molecular weight is 354 g/mol. The maximum absolute atomic E-state index is 12.2. The number of rotatable bonds is 8. The fourth-order valence-electron chi connectivity index (χ4n) is 2.33. The Morgan fingerprint density at radius 2 is 1.96 bits per heavy atom. The Hall–Kier alpha value is -1.93. The van der Waals surface area contributed by atoms with E-state index in [4.69, 9.17) is 4.74 Å². The van der Waals surface area contributed by atoms with Crippen molar-refractivity contribution in [3.8, 4) is 0 Å². The zero-order valence-electron chi connectivity index (χ0n) is 13.6. The second kappa shape index (κ2) is 8.25. The third kappa shape index (κ3) is 5.04. The van der Waals surface area contributed by atoms with Crippen LogP contribution >= 0.6 is 0 Å². The number of nitrogens with one attached hydrogen (secondary N) is 2. The lowest BCUT2D eigenvalue weighted by Gasteiger charge is -2.11. The summed E-state index contributed by atoms with van der Waals surface area (Å²) >= 11 is 0. The summed E-state index contributed by atoms with van der Waals surface area (Å²) in [6, 6.07) is 5.00. The van der Waals surface area contributed by atoms with E-state index in [1.54, 1.807) is 0 Å². The van der Waals surface area contributed by atoms with Crippen LogP contribution in [-0.2, 0) is 24.3 Å². The lowest BCUT2D eigenvalue weighted by atomic mass is 10.2. The first kappa shape index (κ1) is 18.4. The van der Waals surface area contributed by atoms with Gasteiger partial charge in [-0.05, 0) is 30.7 Å². The van der Waals surface area contributed by atoms with Crippen LogP contribution in [-0.4, -0.2) is 32.9 Å². The summed E-state index contributed by atoms with van der Waals surface area (Å²) in [6.45, 7) is 2.28. The van der Waals surface area contributed by atoms with E-state index in [0.717, 1.165) is 19.3 Å². The Morgan fingerprint density at radius 1 is 1.25 bits per heavy atom. The van der Waals surface area contributed by atoms with Gasteiger partial charge in [-0.25, -0.2) is 8.42 Å². The van der Waals surface area contributed by atoms with Crippen LogP contribution < -0.4 is 10.0 Å². The molecule has 1 fully saturated rings. The SMILES string of the molecule is CCCCCC(=O)Nc1ccc(S(=O)(=O)NC2CCOC2=O)cc1. The number of carbonyl (C=O) groups excluding carboxylic acids is 2. The first-order valence-corrected chi connectivity index (χ1v) is 9.49. The molecule has 8 heteroatoms. The van der Waals surface area contributed by atoms with Crippen molar-refractivity contribution in [3.63, 3.8) is 0 Å². The molecule has 0 saturated carbocycles. The zero-order valence-corrected chi connectivity index (χ0v) is 14.4. The Morgan fingerprint density at radius 3 is 2.54 bits per heavy atom. The summed E-state index contributed by atoms with van der Waals surface area (Å²) in [5.41, 5.74) is 0.538. The lowest BCUT2D eigenvalue weighted by molar-refractivity contribution is -0.139. The number of amides is 1. The fourth-order valence-corrected chi connectivity index (χ4v) is 3.55. The van der Waals surface area contributed by atoms with Gasteiger partial charge in [0, 0.05) is 18.5 Å². The minimum Gasteiger partial charge on any atom is -0.464 e. The highest BCUT2D eigenvalue weighted by molar-refractivity contribution is 7.89. The molecule has 1 aliphatic rings. The quantitative estimate of drug-likeness (QED) is 0.547. The molecule has 2 N–H and O–H groups in total. The van der Waals surface area contributed by atoms with Crippen molar-refractivity contribution in [2.75, 3.05) is 11.9 Å². The lowest BCUT2D eigenvalue weighted by Crippen LogP contribution is -2.37. The maximum atomic E-state index is 12.2. The summed E-state index contributed by atoms with van der Waals surface area (Å²) in [5.74, 6) is -0.652. The number of unbranched alkanes of at least 4 members (excludes halogenated alkanes) is 2. The topological polar surface area (TPSA) is 102 Å². The number of benzene rings is 1. The van der Waals surface area contributed by atoms with Crippen LogP contribution in [0.15, 0.2) is 29.2 Å². The molecule has 0 spiro atoms. The van der Waals surface area contributed by atoms with Gasteiger partial charge in [-0.15, -0.1) is 0 Å². The molecule has 1 heterocycles. The van der Waals surface area contributed by atoms with E-state index in [2.05, 4.69) is 17.0 Å². The molecule has 1 unspecified atom stereocenters. The summed E-state index contributed by atoms with van der Waals surface area (Å²) < 4.78 is 31.5. The highest BCUT2D eigenvalue weighted by Crippen LogP contribution is 2.17.